The van der Waals surface area contributed by atoms with E-state index in [-0.39, 0.29) is 0 Å². The van der Waals surface area contributed by atoms with Gasteiger partial charge < -0.3 is 13.3 Å². The fourth-order valence-electron chi connectivity index (χ4n) is 4.66. The normalized spacial score (nSPS) is 12.9. The van der Waals surface area contributed by atoms with Crippen LogP contribution in [0.5, 0.6) is 0 Å². The van der Waals surface area contributed by atoms with Crippen molar-refractivity contribution in [1.29, 1.82) is 0 Å². The van der Waals surface area contributed by atoms with Gasteiger partial charge in [-0.25, -0.2) is 0 Å². The lowest BCUT2D eigenvalue weighted by Gasteiger charge is -2.36. The van der Waals surface area contributed by atoms with Crippen molar-refractivity contribution < 1.29 is 13.3 Å². The van der Waals surface area contributed by atoms with Crippen LogP contribution in [0.4, 0.5) is 0 Å². The minimum Gasteiger partial charge on any atom is -0.374 e. The second-order valence-electron chi connectivity index (χ2n) is 8.79. The molecule has 0 saturated heterocycles. The van der Waals surface area contributed by atoms with Crippen molar-refractivity contribution in [1.82, 2.24) is 0 Å². The van der Waals surface area contributed by atoms with Crippen molar-refractivity contribution in [2.45, 2.75) is 90.8 Å². The van der Waals surface area contributed by atoms with Gasteiger partial charge in [0.25, 0.3) is 0 Å². The Morgan fingerprint density at radius 1 is 0.618 bits per heavy atom. The smallest absolute Gasteiger partial charge is 0.374 e. The van der Waals surface area contributed by atoms with E-state index in [4.69, 9.17) is 13.3 Å². The highest BCUT2D eigenvalue weighted by Gasteiger charge is 2.44. The lowest BCUT2D eigenvalue weighted by atomic mass is 10.1. The van der Waals surface area contributed by atoms with Gasteiger partial charge in [-0.1, -0.05) is 113 Å². The van der Waals surface area contributed by atoms with Gasteiger partial charge in [0.15, 0.2) is 0 Å². The van der Waals surface area contributed by atoms with Gasteiger partial charge in [-0.2, -0.15) is 0 Å². The van der Waals surface area contributed by atoms with Crippen LogP contribution in [0.3, 0.4) is 0 Å². The molecule has 1 unspecified atom stereocenters. The quantitative estimate of drug-likeness (QED) is 0.112. The molecule has 0 fully saturated rings. The van der Waals surface area contributed by atoms with Gasteiger partial charge in [0, 0.05) is 25.9 Å². The zero-order chi connectivity index (χ0) is 24.5. The number of benzene rings is 2. The van der Waals surface area contributed by atoms with Crippen molar-refractivity contribution in [2.24, 2.45) is 0 Å². The third-order valence-electron chi connectivity index (χ3n) is 6.15. The maximum absolute atomic E-state index is 6.34. The van der Waals surface area contributed by atoms with Crippen LogP contribution < -0.4 is 10.6 Å². The summed E-state index contributed by atoms with van der Waals surface area (Å²) in [6.07, 6.45) is 10.5. The number of hydrogen-bond donors (Lipinski definition) is 0. The Balaban J connectivity index is 2.32. The summed E-state index contributed by atoms with van der Waals surface area (Å²) in [5.41, 5.74) is 0.465. The molecule has 0 N–H and O–H groups in total. The largest absolute Gasteiger partial charge is 0.501 e. The average Bonchev–Trinajstić information content (AvgIpc) is 2.85. The first kappa shape index (κ1) is 29.2. The summed E-state index contributed by atoms with van der Waals surface area (Å²) in [6.45, 7) is 10.3. The second-order valence-corrected chi connectivity index (χ2v) is 13.9. The third-order valence-corrected chi connectivity index (χ3v) is 12.6. The highest BCUT2D eigenvalue weighted by molar-refractivity contribution is 7.73. The number of unbranched alkanes of at least 4 members (excludes halogenated alkanes) is 6. The van der Waals surface area contributed by atoms with Crippen LogP contribution in [-0.2, 0) is 13.3 Å². The second kappa shape index (κ2) is 17.4. The topological polar surface area (TPSA) is 27.7 Å². The van der Waals surface area contributed by atoms with Crippen LogP contribution in [0.2, 0.25) is 6.04 Å². The predicted molar refractivity (Wildman–Crippen MR) is 151 cm³/mol. The van der Waals surface area contributed by atoms with Gasteiger partial charge in [-0.3, -0.25) is 0 Å². The van der Waals surface area contributed by atoms with Crippen molar-refractivity contribution in [3.63, 3.8) is 0 Å². The SMILES string of the molecule is CCCCCCCCCC(C[Si](OCC)(OCC)OCC)P(c1ccccc1)c1ccccc1. The van der Waals surface area contributed by atoms with E-state index in [9.17, 15) is 0 Å². The molecule has 2 aromatic rings. The fraction of sp³-hybridized carbons (Fsp3) is 0.586. The first-order chi connectivity index (χ1) is 16.7. The Morgan fingerprint density at radius 3 is 1.50 bits per heavy atom. The molecule has 0 spiro atoms. The molecular formula is C29H47O3PSi. The summed E-state index contributed by atoms with van der Waals surface area (Å²) in [4.78, 5) is 0. The minimum absolute atomic E-state index is 0.465. The monoisotopic (exact) mass is 502 g/mol. The summed E-state index contributed by atoms with van der Waals surface area (Å²) in [5, 5.41) is 2.87. The highest BCUT2D eigenvalue weighted by Crippen LogP contribution is 2.46. The Labute approximate surface area is 211 Å². The Bertz CT molecular complexity index is 687. The molecule has 0 radical (unpaired) electrons. The minimum atomic E-state index is -2.76. The molecule has 2 rings (SSSR count). The lowest BCUT2D eigenvalue weighted by Crippen LogP contribution is -2.48. The van der Waals surface area contributed by atoms with Gasteiger partial charge in [-0.15, -0.1) is 0 Å². The summed E-state index contributed by atoms with van der Waals surface area (Å²) in [7, 11) is -3.30. The molecule has 0 aromatic heterocycles. The lowest BCUT2D eigenvalue weighted by molar-refractivity contribution is 0.0710. The summed E-state index contributed by atoms with van der Waals surface area (Å²) >= 11 is 0. The van der Waals surface area contributed by atoms with Crippen LogP contribution in [-0.4, -0.2) is 34.3 Å². The number of rotatable bonds is 19. The molecule has 3 nitrogen and oxygen atoms in total. The highest BCUT2D eigenvalue weighted by atomic mass is 31.1. The van der Waals surface area contributed by atoms with Gasteiger partial charge in [0.1, 0.15) is 0 Å². The van der Waals surface area contributed by atoms with Crippen LogP contribution in [0.15, 0.2) is 60.7 Å². The van der Waals surface area contributed by atoms with Gasteiger partial charge in [-0.05, 0) is 51.4 Å². The van der Waals surface area contributed by atoms with Crippen molar-refractivity contribution in [2.75, 3.05) is 19.8 Å². The van der Waals surface area contributed by atoms with Crippen LogP contribution in [0.1, 0.15) is 79.1 Å². The third kappa shape index (κ3) is 9.91. The zero-order valence-corrected chi connectivity index (χ0v) is 23.9. The molecule has 5 heteroatoms. The van der Waals surface area contributed by atoms with Crippen molar-refractivity contribution >= 4 is 27.3 Å². The maximum Gasteiger partial charge on any atom is 0.501 e. The van der Waals surface area contributed by atoms with E-state index in [1.54, 1.807) is 0 Å². The molecule has 34 heavy (non-hydrogen) atoms. The van der Waals surface area contributed by atoms with Crippen molar-refractivity contribution in [3.05, 3.63) is 60.7 Å². The standard InChI is InChI=1S/C29H47O3PSi/c1-5-9-10-11-12-13-16-25-29(26-34(30-6-2,31-7-3)32-8-4)33(27-21-17-14-18-22-27)28-23-19-15-20-24-28/h14-15,17-24,29H,5-13,16,25-26H2,1-4H3. The maximum atomic E-state index is 6.34. The molecule has 0 amide bonds. The molecule has 0 saturated carbocycles. The van der Waals surface area contributed by atoms with Crippen LogP contribution in [0.25, 0.3) is 0 Å². The Kier molecular flexibility index (Phi) is 14.9. The van der Waals surface area contributed by atoms with E-state index in [1.165, 1.54) is 62.0 Å². The predicted octanol–water partition coefficient (Wildman–Crippen LogP) is 7.68. The average molecular weight is 503 g/mol. The Morgan fingerprint density at radius 2 is 1.06 bits per heavy atom. The molecule has 2 aromatic carbocycles. The van der Waals surface area contributed by atoms with E-state index < -0.39 is 16.7 Å². The number of hydrogen-bond acceptors (Lipinski definition) is 3. The van der Waals surface area contributed by atoms with E-state index in [0.717, 1.165) is 6.04 Å². The molecule has 0 aliphatic carbocycles. The molecule has 190 valence electrons. The van der Waals surface area contributed by atoms with Gasteiger partial charge in [0.05, 0.1) is 0 Å². The molecule has 0 heterocycles. The molecule has 0 aliphatic heterocycles. The molecule has 0 aliphatic rings. The van der Waals surface area contributed by atoms with Crippen molar-refractivity contribution in [3.8, 4) is 0 Å². The van der Waals surface area contributed by atoms with Crippen LogP contribution in [0, 0.1) is 0 Å². The summed E-state index contributed by atoms with van der Waals surface area (Å²) < 4.78 is 19.0. The Hall–Kier alpha value is -1.03. The summed E-state index contributed by atoms with van der Waals surface area (Å²) in [6, 6.07) is 23.1. The first-order valence-electron chi connectivity index (χ1n) is 13.5. The molecule has 1 atom stereocenters. The van der Waals surface area contributed by atoms with E-state index in [2.05, 4.69) is 88.4 Å². The fourth-order valence-corrected chi connectivity index (χ4v) is 11.3. The molecule has 0 bridgehead atoms. The van der Waals surface area contributed by atoms with Gasteiger partial charge in [0.2, 0.25) is 0 Å². The van der Waals surface area contributed by atoms with Gasteiger partial charge >= 0.3 is 8.80 Å². The summed E-state index contributed by atoms with van der Waals surface area (Å²) in [5.74, 6) is 0. The molecular weight excluding hydrogens is 455 g/mol. The zero-order valence-electron chi connectivity index (χ0n) is 22.0. The van der Waals surface area contributed by atoms with E-state index in [1.807, 2.05) is 0 Å². The van der Waals surface area contributed by atoms with Crippen LogP contribution >= 0.6 is 7.92 Å². The van der Waals surface area contributed by atoms with E-state index >= 15 is 0 Å². The first-order valence-corrected chi connectivity index (χ1v) is 16.8. The van der Waals surface area contributed by atoms with E-state index in [0.29, 0.717) is 25.5 Å².